The molecule has 112 valence electrons. The van der Waals surface area contributed by atoms with Crippen LogP contribution in [0.5, 0.6) is 0 Å². The summed E-state index contributed by atoms with van der Waals surface area (Å²) in [5.41, 5.74) is 2.87. The van der Waals surface area contributed by atoms with Crippen molar-refractivity contribution in [3.05, 3.63) is 35.4 Å². The van der Waals surface area contributed by atoms with E-state index in [1.54, 1.807) is 0 Å². The minimum absolute atomic E-state index is 0.832. The van der Waals surface area contributed by atoms with Crippen LogP contribution < -0.4 is 5.32 Å². The molecule has 1 unspecified atom stereocenters. The van der Waals surface area contributed by atoms with Crippen molar-refractivity contribution in [2.75, 3.05) is 25.4 Å². The molecule has 1 atom stereocenters. The third-order valence-corrected chi connectivity index (χ3v) is 5.20. The van der Waals surface area contributed by atoms with Crippen molar-refractivity contribution in [2.24, 2.45) is 0 Å². The summed E-state index contributed by atoms with van der Waals surface area (Å²) >= 11 is 2.14. The van der Waals surface area contributed by atoms with E-state index < -0.39 is 0 Å². The Hall–Kier alpha value is -0.510. The largest absolute Gasteiger partial charge is 0.313 e. The Morgan fingerprint density at radius 2 is 2.15 bits per heavy atom. The summed E-state index contributed by atoms with van der Waals surface area (Å²) in [6, 6.07) is 9.07. The Morgan fingerprint density at radius 3 is 2.95 bits per heavy atom. The van der Waals surface area contributed by atoms with Gasteiger partial charge in [0, 0.05) is 37.2 Å². The highest BCUT2D eigenvalue weighted by atomic mass is 32.2. The predicted octanol–water partition coefficient (Wildman–Crippen LogP) is 3.51. The summed E-state index contributed by atoms with van der Waals surface area (Å²) in [4.78, 5) is 2.61. The number of nitrogens with zero attached hydrogens (tertiary/aromatic N) is 1. The topological polar surface area (TPSA) is 15.3 Å². The van der Waals surface area contributed by atoms with Crippen molar-refractivity contribution < 1.29 is 0 Å². The first-order valence-corrected chi connectivity index (χ1v) is 8.99. The van der Waals surface area contributed by atoms with Gasteiger partial charge in [-0.15, -0.1) is 0 Å². The zero-order valence-corrected chi connectivity index (χ0v) is 13.7. The van der Waals surface area contributed by atoms with Gasteiger partial charge < -0.3 is 5.32 Å². The summed E-state index contributed by atoms with van der Waals surface area (Å²) in [5, 5.41) is 4.31. The lowest BCUT2D eigenvalue weighted by Gasteiger charge is -2.31. The number of rotatable bonds is 7. The van der Waals surface area contributed by atoms with Crippen molar-refractivity contribution in [1.82, 2.24) is 10.2 Å². The molecule has 2 rings (SSSR count). The highest BCUT2D eigenvalue weighted by Crippen LogP contribution is 2.22. The molecule has 0 amide bonds. The van der Waals surface area contributed by atoms with Crippen LogP contribution in [0.2, 0.25) is 0 Å². The van der Waals surface area contributed by atoms with Gasteiger partial charge in [-0.2, -0.15) is 11.8 Å². The third-order valence-electron chi connectivity index (χ3n) is 3.83. The van der Waals surface area contributed by atoms with Crippen molar-refractivity contribution in [3.8, 4) is 0 Å². The normalized spacial score (nSPS) is 20.2. The molecule has 0 spiro atoms. The number of nitrogens with one attached hydrogen (secondary N) is 1. The second-order valence-electron chi connectivity index (χ2n) is 5.63. The monoisotopic (exact) mass is 292 g/mol. The second kappa shape index (κ2) is 8.71. The molecule has 0 saturated carbocycles. The molecule has 3 heteroatoms. The van der Waals surface area contributed by atoms with Gasteiger partial charge in [-0.25, -0.2) is 0 Å². The van der Waals surface area contributed by atoms with Gasteiger partial charge in [0.2, 0.25) is 0 Å². The van der Waals surface area contributed by atoms with Crippen LogP contribution in [0.25, 0.3) is 0 Å². The van der Waals surface area contributed by atoms with Gasteiger partial charge >= 0.3 is 0 Å². The molecule has 20 heavy (non-hydrogen) atoms. The van der Waals surface area contributed by atoms with E-state index in [1.165, 1.54) is 42.8 Å². The van der Waals surface area contributed by atoms with E-state index in [0.29, 0.717) is 0 Å². The molecule has 1 aliphatic rings. The fourth-order valence-corrected chi connectivity index (χ4v) is 3.93. The summed E-state index contributed by atoms with van der Waals surface area (Å²) in [6.07, 6.45) is 2.49. The summed E-state index contributed by atoms with van der Waals surface area (Å²) < 4.78 is 0. The lowest BCUT2D eigenvalue weighted by molar-refractivity contribution is 0.273. The molecule has 0 radical (unpaired) electrons. The number of hydrogen-bond donors (Lipinski definition) is 1. The van der Waals surface area contributed by atoms with Crippen LogP contribution in [0.4, 0.5) is 0 Å². The molecule has 0 aliphatic carbocycles. The number of thioether (sulfide) groups is 1. The molecule has 0 aromatic heterocycles. The Balaban J connectivity index is 1.87. The van der Waals surface area contributed by atoms with Gasteiger partial charge in [-0.1, -0.05) is 38.1 Å². The maximum absolute atomic E-state index is 3.48. The van der Waals surface area contributed by atoms with Crippen LogP contribution in [-0.2, 0) is 13.1 Å². The minimum atomic E-state index is 0.832. The number of benzene rings is 1. The first kappa shape index (κ1) is 15.9. The zero-order chi connectivity index (χ0) is 14.2. The Labute approximate surface area is 128 Å². The Morgan fingerprint density at radius 1 is 1.30 bits per heavy atom. The van der Waals surface area contributed by atoms with E-state index >= 15 is 0 Å². The highest BCUT2D eigenvalue weighted by molar-refractivity contribution is 8.00. The van der Waals surface area contributed by atoms with Gasteiger partial charge in [0.05, 0.1) is 0 Å². The quantitative estimate of drug-likeness (QED) is 0.774. The fraction of sp³-hybridized carbons (Fsp3) is 0.647. The molecule has 2 nitrogen and oxygen atoms in total. The average Bonchev–Trinajstić information content (AvgIpc) is 2.48. The summed E-state index contributed by atoms with van der Waals surface area (Å²) in [7, 11) is 0. The van der Waals surface area contributed by atoms with E-state index in [0.717, 1.165) is 24.9 Å². The van der Waals surface area contributed by atoms with E-state index in [4.69, 9.17) is 0 Å². The predicted molar refractivity (Wildman–Crippen MR) is 90.3 cm³/mol. The zero-order valence-electron chi connectivity index (χ0n) is 12.9. The minimum Gasteiger partial charge on any atom is -0.313 e. The van der Waals surface area contributed by atoms with Crippen LogP contribution in [0.15, 0.2) is 24.3 Å². The van der Waals surface area contributed by atoms with Gasteiger partial charge in [0.1, 0.15) is 0 Å². The molecule has 1 aromatic carbocycles. The molecule has 1 aliphatic heterocycles. The Kier molecular flexibility index (Phi) is 6.91. The molecule has 1 heterocycles. The third kappa shape index (κ3) is 5.12. The van der Waals surface area contributed by atoms with Crippen molar-refractivity contribution in [2.45, 2.75) is 45.0 Å². The molecule has 1 fully saturated rings. The standard InChI is InChI=1S/C17H28N2S/c1-3-8-18-12-15-6-5-7-16(11-15)13-19-9-10-20-17(4-2)14-19/h5-7,11,17-18H,3-4,8-10,12-14H2,1-2H3. The lowest BCUT2D eigenvalue weighted by atomic mass is 10.1. The molecule has 1 aromatic rings. The first-order chi connectivity index (χ1) is 9.81. The highest BCUT2D eigenvalue weighted by Gasteiger charge is 2.18. The Bertz CT molecular complexity index is 394. The van der Waals surface area contributed by atoms with E-state index in [2.05, 4.69) is 60.1 Å². The van der Waals surface area contributed by atoms with Crippen LogP contribution in [0.3, 0.4) is 0 Å². The molecular formula is C17H28N2S. The van der Waals surface area contributed by atoms with Crippen molar-refractivity contribution in [3.63, 3.8) is 0 Å². The van der Waals surface area contributed by atoms with Gasteiger partial charge in [0.25, 0.3) is 0 Å². The van der Waals surface area contributed by atoms with Gasteiger partial charge in [-0.05, 0) is 30.5 Å². The van der Waals surface area contributed by atoms with E-state index in [9.17, 15) is 0 Å². The van der Waals surface area contributed by atoms with Crippen molar-refractivity contribution in [1.29, 1.82) is 0 Å². The lowest BCUT2D eigenvalue weighted by Crippen LogP contribution is -2.37. The second-order valence-corrected chi connectivity index (χ2v) is 7.04. The van der Waals surface area contributed by atoms with Gasteiger partial charge in [-0.3, -0.25) is 4.90 Å². The SMILES string of the molecule is CCCNCc1cccc(CN2CCSC(CC)C2)c1. The fourth-order valence-electron chi connectivity index (χ4n) is 2.68. The molecule has 1 saturated heterocycles. The van der Waals surface area contributed by atoms with Crippen LogP contribution in [0.1, 0.15) is 37.8 Å². The molecular weight excluding hydrogens is 264 g/mol. The maximum Gasteiger partial charge on any atom is 0.0234 e. The molecule has 0 bridgehead atoms. The van der Waals surface area contributed by atoms with Crippen LogP contribution in [-0.4, -0.2) is 35.5 Å². The summed E-state index contributed by atoms with van der Waals surface area (Å²) in [5.74, 6) is 1.29. The van der Waals surface area contributed by atoms with Crippen molar-refractivity contribution >= 4 is 11.8 Å². The van der Waals surface area contributed by atoms with E-state index in [1.807, 2.05) is 0 Å². The molecule has 1 N–H and O–H groups in total. The first-order valence-electron chi connectivity index (χ1n) is 7.94. The smallest absolute Gasteiger partial charge is 0.0234 e. The maximum atomic E-state index is 3.48. The number of hydrogen-bond acceptors (Lipinski definition) is 3. The summed E-state index contributed by atoms with van der Waals surface area (Å²) in [6.45, 7) is 10.2. The van der Waals surface area contributed by atoms with E-state index in [-0.39, 0.29) is 0 Å². The van der Waals surface area contributed by atoms with Crippen LogP contribution in [0, 0.1) is 0 Å². The van der Waals surface area contributed by atoms with Crippen LogP contribution >= 0.6 is 11.8 Å². The average molecular weight is 292 g/mol. The van der Waals surface area contributed by atoms with Gasteiger partial charge in [0.15, 0.2) is 0 Å².